The van der Waals surface area contributed by atoms with E-state index in [0.717, 1.165) is 11.8 Å². The van der Waals surface area contributed by atoms with E-state index >= 15 is 0 Å². The Morgan fingerprint density at radius 3 is 2.75 bits per heavy atom. The van der Waals surface area contributed by atoms with Crippen LogP contribution < -0.4 is 0 Å². The second-order valence-electron chi connectivity index (χ2n) is 2.36. The van der Waals surface area contributed by atoms with E-state index < -0.39 is 10.9 Å². The molecule has 12 heavy (non-hydrogen) atoms. The monoisotopic (exact) mass is 198 g/mol. The van der Waals surface area contributed by atoms with Gasteiger partial charge in [-0.05, 0) is 30.0 Å². The van der Waals surface area contributed by atoms with Crippen molar-refractivity contribution in [1.29, 1.82) is 0 Å². The van der Waals surface area contributed by atoms with Crippen molar-refractivity contribution < 1.29 is 9.59 Å². The van der Waals surface area contributed by atoms with Gasteiger partial charge in [0.1, 0.15) is 0 Å². The number of carbonyl (C=O) groups excluding carboxylic acids is 2. The maximum Gasteiger partial charge on any atom is 0.264 e. The van der Waals surface area contributed by atoms with Crippen molar-refractivity contribution in [2.75, 3.05) is 0 Å². The molecule has 1 heterocycles. The second kappa shape index (κ2) is 2.61. The minimum Gasteiger partial charge on any atom is -0.284 e. The Hall–Kier alpha value is -0.800. The molecule has 60 valence electrons. The molecule has 0 aliphatic carbocycles. The first kappa shape index (κ1) is 7.83. The molecule has 0 fully saturated rings. The van der Waals surface area contributed by atoms with Gasteiger partial charge in [0, 0.05) is 15.5 Å². The predicted octanol–water partition coefficient (Wildman–Crippen LogP) is 2.16. The summed E-state index contributed by atoms with van der Waals surface area (Å²) in [7, 11) is 0. The Morgan fingerprint density at radius 2 is 2.00 bits per heavy atom. The third-order valence-electron chi connectivity index (χ3n) is 1.58. The van der Waals surface area contributed by atoms with Crippen LogP contribution in [0.5, 0.6) is 0 Å². The summed E-state index contributed by atoms with van der Waals surface area (Å²) in [4.78, 5) is 22.7. The molecule has 0 aromatic heterocycles. The number of benzene rings is 1. The van der Waals surface area contributed by atoms with Crippen molar-refractivity contribution in [3.63, 3.8) is 0 Å². The van der Waals surface area contributed by atoms with Crippen LogP contribution in [0, 0.1) is 0 Å². The largest absolute Gasteiger partial charge is 0.284 e. The van der Waals surface area contributed by atoms with Gasteiger partial charge in [0.15, 0.2) is 0 Å². The zero-order chi connectivity index (χ0) is 8.72. The van der Waals surface area contributed by atoms with Crippen LogP contribution in [0.4, 0.5) is 0 Å². The van der Waals surface area contributed by atoms with Crippen molar-refractivity contribution in [3.8, 4) is 0 Å². The average Bonchev–Trinajstić information content (AvgIpc) is 2.28. The zero-order valence-corrected chi connectivity index (χ0v) is 7.41. The molecule has 2 nitrogen and oxygen atoms in total. The Morgan fingerprint density at radius 1 is 1.25 bits per heavy atom. The third-order valence-corrected chi connectivity index (χ3v) is 2.74. The Balaban J connectivity index is 2.62. The highest BCUT2D eigenvalue weighted by Gasteiger charge is 2.28. The smallest absolute Gasteiger partial charge is 0.264 e. The molecule has 0 amide bonds. The van der Waals surface area contributed by atoms with Crippen molar-refractivity contribution >= 4 is 34.3 Å². The average molecular weight is 199 g/mol. The summed E-state index contributed by atoms with van der Waals surface area (Å²) in [6.45, 7) is 0. The molecule has 0 N–H and O–H groups in total. The molecular weight excluding hydrogens is 196 g/mol. The van der Waals surface area contributed by atoms with E-state index in [4.69, 9.17) is 11.6 Å². The molecule has 0 bridgehead atoms. The zero-order valence-electron chi connectivity index (χ0n) is 5.83. The standard InChI is InChI=1S/C8H3ClO2S/c9-4-1-2-5-6(3-4)12-8(11)7(5)10/h1-3H. The SMILES string of the molecule is O=C1Sc2cc(Cl)ccc2C1=O. The molecule has 2 rings (SSSR count). The summed E-state index contributed by atoms with van der Waals surface area (Å²) in [5.74, 6) is -0.424. The van der Waals surface area contributed by atoms with Gasteiger partial charge in [0.2, 0.25) is 5.78 Å². The lowest BCUT2D eigenvalue weighted by Crippen LogP contribution is -2.01. The minimum absolute atomic E-state index is 0.424. The molecule has 0 saturated heterocycles. The maximum absolute atomic E-state index is 11.1. The summed E-state index contributed by atoms with van der Waals surface area (Å²) in [6, 6.07) is 4.82. The lowest BCUT2D eigenvalue weighted by atomic mass is 10.1. The number of Topliss-reactive ketones (excluding diaryl/α,β-unsaturated/α-hetero) is 1. The number of fused-ring (bicyclic) bond motifs is 1. The van der Waals surface area contributed by atoms with Gasteiger partial charge in [0.25, 0.3) is 5.12 Å². The first-order chi connectivity index (χ1) is 5.68. The number of thioether (sulfide) groups is 1. The highest BCUT2D eigenvalue weighted by atomic mass is 35.5. The van der Waals surface area contributed by atoms with Crippen LogP contribution in [-0.4, -0.2) is 10.9 Å². The summed E-state index contributed by atoms with van der Waals surface area (Å²) in [5, 5.41) is 0.121. The fraction of sp³-hybridized carbons (Fsp3) is 0. The van der Waals surface area contributed by atoms with Gasteiger partial charge < -0.3 is 0 Å². The molecule has 0 radical (unpaired) electrons. The molecule has 0 saturated carbocycles. The van der Waals surface area contributed by atoms with Gasteiger partial charge in [-0.15, -0.1) is 0 Å². The number of hydrogen-bond acceptors (Lipinski definition) is 3. The molecular formula is C8H3ClO2S. The van der Waals surface area contributed by atoms with E-state index in [0.29, 0.717) is 15.5 Å². The highest BCUT2D eigenvalue weighted by molar-refractivity contribution is 8.16. The summed E-state index contributed by atoms with van der Waals surface area (Å²) >= 11 is 6.62. The van der Waals surface area contributed by atoms with Crippen LogP contribution in [0.2, 0.25) is 5.02 Å². The number of hydrogen-bond donors (Lipinski definition) is 0. The fourth-order valence-electron chi connectivity index (χ4n) is 1.02. The van der Waals surface area contributed by atoms with Crippen LogP contribution in [0.25, 0.3) is 0 Å². The second-order valence-corrected chi connectivity index (χ2v) is 3.81. The van der Waals surface area contributed by atoms with Crippen LogP contribution in [-0.2, 0) is 4.79 Å². The van der Waals surface area contributed by atoms with Crippen LogP contribution in [0.1, 0.15) is 10.4 Å². The lowest BCUT2D eigenvalue weighted by molar-refractivity contribution is -0.107. The van der Waals surface area contributed by atoms with E-state index in [1.54, 1.807) is 18.2 Å². The van der Waals surface area contributed by atoms with Crippen molar-refractivity contribution in [2.45, 2.75) is 4.90 Å². The summed E-state index contributed by atoms with van der Waals surface area (Å²) in [6.07, 6.45) is 0. The van der Waals surface area contributed by atoms with Crippen LogP contribution >= 0.6 is 23.4 Å². The topological polar surface area (TPSA) is 34.1 Å². The van der Waals surface area contributed by atoms with Gasteiger partial charge in [-0.3, -0.25) is 9.59 Å². The van der Waals surface area contributed by atoms with Gasteiger partial charge in [-0.25, -0.2) is 0 Å². The lowest BCUT2D eigenvalue weighted by Gasteiger charge is -1.93. The number of halogens is 1. The normalized spacial score (nSPS) is 15.1. The molecule has 0 atom stereocenters. The van der Waals surface area contributed by atoms with Gasteiger partial charge in [-0.2, -0.15) is 0 Å². The third kappa shape index (κ3) is 1.06. The number of rotatable bonds is 0. The van der Waals surface area contributed by atoms with Crippen molar-refractivity contribution in [1.82, 2.24) is 0 Å². The first-order valence-electron chi connectivity index (χ1n) is 3.24. The van der Waals surface area contributed by atoms with E-state index in [2.05, 4.69) is 0 Å². The molecule has 1 aliphatic heterocycles. The number of carbonyl (C=O) groups is 2. The molecule has 1 aromatic carbocycles. The molecule has 4 heteroatoms. The van der Waals surface area contributed by atoms with E-state index in [1.165, 1.54) is 0 Å². The highest BCUT2D eigenvalue weighted by Crippen LogP contribution is 2.34. The Bertz CT molecular complexity index is 387. The first-order valence-corrected chi connectivity index (χ1v) is 4.44. The van der Waals surface area contributed by atoms with E-state index in [-0.39, 0.29) is 0 Å². The van der Waals surface area contributed by atoms with Gasteiger partial charge in [0.05, 0.1) is 0 Å². The van der Waals surface area contributed by atoms with Crippen molar-refractivity contribution in [3.05, 3.63) is 28.8 Å². The maximum atomic E-state index is 11.1. The van der Waals surface area contributed by atoms with Gasteiger partial charge >= 0.3 is 0 Å². The molecule has 0 unspecified atom stereocenters. The Kier molecular flexibility index (Phi) is 1.70. The van der Waals surface area contributed by atoms with E-state index in [9.17, 15) is 9.59 Å². The predicted molar refractivity (Wildman–Crippen MR) is 46.6 cm³/mol. The van der Waals surface area contributed by atoms with Crippen LogP contribution in [0.3, 0.4) is 0 Å². The quantitative estimate of drug-likeness (QED) is 0.599. The molecule has 1 aromatic rings. The summed E-state index contributed by atoms with van der Waals surface area (Å²) in [5.41, 5.74) is 0.467. The molecule has 0 spiro atoms. The number of ketones is 1. The van der Waals surface area contributed by atoms with Crippen LogP contribution in [0.15, 0.2) is 23.1 Å². The minimum atomic E-state index is -0.424. The van der Waals surface area contributed by atoms with Gasteiger partial charge in [-0.1, -0.05) is 11.6 Å². The van der Waals surface area contributed by atoms with E-state index in [1.807, 2.05) is 0 Å². The van der Waals surface area contributed by atoms with Crippen molar-refractivity contribution in [2.24, 2.45) is 0 Å². The summed E-state index contributed by atoms with van der Waals surface area (Å²) < 4.78 is 0. The fourth-order valence-corrected chi connectivity index (χ4v) is 2.12. The molecule has 1 aliphatic rings. The Labute approximate surface area is 77.9 Å².